The Bertz CT molecular complexity index is 585. The van der Waals surface area contributed by atoms with Gasteiger partial charge in [-0.15, -0.1) is 11.3 Å². The molecule has 0 spiro atoms. The van der Waals surface area contributed by atoms with E-state index < -0.39 is 0 Å². The number of hydrogen-bond donors (Lipinski definition) is 2. The van der Waals surface area contributed by atoms with Crippen LogP contribution in [0.3, 0.4) is 0 Å². The van der Waals surface area contributed by atoms with E-state index in [1.807, 2.05) is 18.2 Å². The van der Waals surface area contributed by atoms with Crippen LogP contribution in [0.1, 0.15) is 17.2 Å². The Kier molecular flexibility index (Phi) is 5.37. The van der Waals surface area contributed by atoms with Gasteiger partial charge in [0.15, 0.2) is 0 Å². The lowest BCUT2D eigenvalue weighted by atomic mass is 10.0. The minimum absolute atomic E-state index is 0.131. The second kappa shape index (κ2) is 6.64. The largest absolute Gasteiger partial charge is 0.271 e. The van der Waals surface area contributed by atoms with Crippen molar-refractivity contribution in [2.45, 2.75) is 12.5 Å². The first-order valence-electron chi connectivity index (χ1n) is 5.36. The van der Waals surface area contributed by atoms with E-state index in [9.17, 15) is 0 Å². The van der Waals surface area contributed by atoms with Gasteiger partial charge in [0.25, 0.3) is 0 Å². The van der Waals surface area contributed by atoms with Crippen molar-refractivity contribution in [3.8, 4) is 0 Å². The third kappa shape index (κ3) is 3.76. The summed E-state index contributed by atoms with van der Waals surface area (Å²) in [6.07, 6.45) is 0.639. The number of hydrazine groups is 1. The SMILES string of the molecule is NNC(Cc1ccc(Cl)c(Cl)c1)c1cc(Cl)sc1Cl. The Labute approximate surface area is 135 Å². The summed E-state index contributed by atoms with van der Waals surface area (Å²) in [6, 6.07) is 7.16. The van der Waals surface area contributed by atoms with Crippen molar-refractivity contribution in [1.82, 2.24) is 5.43 Å². The van der Waals surface area contributed by atoms with Gasteiger partial charge in [0, 0.05) is 5.56 Å². The van der Waals surface area contributed by atoms with E-state index in [0.717, 1.165) is 11.1 Å². The molecule has 0 aliphatic carbocycles. The summed E-state index contributed by atoms with van der Waals surface area (Å²) >= 11 is 25.3. The smallest absolute Gasteiger partial charge is 0.0992 e. The Morgan fingerprint density at radius 1 is 1.11 bits per heavy atom. The molecule has 1 aromatic heterocycles. The van der Waals surface area contributed by atoms with Crippen LogP contribution in [0.25, 0.3) is 0 Å². The summed E-state index contributed by atoms with van der Waals surface area (Å²) in [4.78, 5) is 0. The molecule has 1 heterocycles. The van der Waals surface area contributed by atoms with Gasteiger partial charge in [-0.3, -0.25) is 11.3 Å². The molecule has 2 rings (SSSR count). The lowest BCUT2D eigenvalue weighted by molar-refractivity contribution is 0.553. The first kappa shape index (κ1) is 15.4. The maximum absolute atomic E-state index is 6.13. The number of nitrogens with one attached hydrogen (secondary N) is 1. The molecule has 1 atom stereocenters. The summed E-state index contributed by atoms with van der Waals surface area (Å²) in [5, 5.41) is 1.05. The molecule has 7 heteroatoms. The molecule has 0 aliphatic rings. The highest BCUT2D eigenvalue weighted by atomic mass is 35.5. The molecule has 0 saturated carbocycles. The van der Waals surface area contributed by atoms with Gasteiger partial charge < -0.3 is 0 Å². The fraction of sp³-hybridized carbons (Fsp3) is 0.167. The summed E-state index contributed by atoms with van der Waals surface area (Å²) in [7, 11) is 0. The van der Waals surface area contributed by atoms with Gasteiger partial charge in [-0.2, -0.15) is 0 Å². The van der Waals surface area contributed by atoms with Crippen LogP contribution in [0.4, 0.5) is 0 Å². The normalized spacial score (nSPS) is 12.7. The van der Waals surface area contributed by atoms with Gasteiger partial charge in [0.1, 0.15) is 0 Å². The van der Waals surface area contributed by atoms with Gasteiger partial charge in [0.2, 0.25) is 0 Å². The van der Waals surface area contributed by atoms with Crippen molar-refractivity contribution in [2.75, 3.05) is 0 Å². The molecule has 0 aliphatic heterocycles. The van der Waals surface area contributed by atoms with E-state index in [1.54, 1.807) is 6.07 Å². The molecule has 0 fully saturated rings. The van der Waals surface area contributed by atoms with E-state index in [2.05, 4.69) is 5.43 Å². The predicted octanol–water partition coefficient (Wildman–Crippen LogP) is 5.11. The number of halogens is 4. The monoisotopic (exact) mass is 354 g/mol. The quantitative estimate of drug-likeness (QED) is 0.590. The van der Waals surface area contributed by atoms with E-state index in [4.69, 9.17) is 52.2 Å². The summed E-state index contributed by atoms with van der Waals surface area (Å²) < 4.78 is 1.27. The third-order valence-electron chi connectivity index (χ3n) is 2.68. The van der Waals surface area contributed by atoms with Crippen LogP contribution < -0.4 is 11.3 Å². The van der Waals surface area contributed by atoms with Crippen LogP contribution in [-0.4, -0.2) is 0 Å². The van der Waals surface area contributed by atoms with Crippen molar-refractivity contribution < 1.29 is 0 Å². The number of benzene rings is 1. The molecule has 0 amide bonds. The second-order valence-corrected chi connectivity index (χ2v) is 7.05. The first-order chi connectivity index (χ1) is 9.01. The van der Waals surface area contributed by atoms with E-state index >= 15 is 0 Å². The molecule has 1 aromatic carbocycles. The highest BCUT2D eigenvalue weighted by Gasteiger charge is 2.17. The van der Waals surface area contributed by atoms with Crippen LogP contribution >= 0.6 is 57.7 Å². The average molecular weight is 356 g/mol. The van der Waals surface area contributed by atoms with E-state index in [-0.39, 0.29) is 6.04 Å². The van der Waals surface area contributed by atoms with Crippen molar-refractivity contribution in [3.63, 3.8) is 0 Å². The number of nitrogens with two attached hydrogens (primary N) is 1. The molecule has 0 radical (unpaired) electrons. The van der Waals surface area contributed by atoms with Gasteiger partial charge in [-0.05, 0) is 30.2 Å². The molecule has 3 N–H and O–H groups in total. The van der Waals surface area contributed by atoms with Gasteiger partial charge in [-0.1, -0.05) is 52.5 Å². The third-order valence-corrected chi connectivity index (χ3v) is 4.94. The highest BCUT2D eigenvalue weighted by molar-refractivity contribution is 7.20. The number of hydrogen-bond acceptors (Lipinski definition) is 3. The molecule has 0 bridgehead atoms. The Balaban J connectivity index is 2.23. The van der Waals surface area contributed by atoms with Crippen molar-refractivity contribution >= 4 is 57.7 Å². The van der Waals surface area contributed by atoms with E-state index in [1.165, 1.54) is 11.3 Å². The standard InChI is InChI=1S/C12H10Cl4N2S/c13-8-2-1-6(3-9(8)14)4-10(18-17)7-5-11(15)19-12(7)16/h1-3,5,10,18H,4,17H2. The van der Waals surface area contributed by atoms with E-state index in [0.29, 0.717) is 25.1 Å². The molecule has 19 heavy (non-hydrogen) atoms. The predicted molar refractivity (Wildman–Crippen MR) is 84.6 cm³/mol. The zero-order valence-corrected chi connectivity index (χ0v) is 13.4. The summed E-state index contributed by atoms with van der Waals surface area (Å²) in [5.74, 6) is 5.59. The van der Waals surface area contributed by atoms with Crippen molar-refractivity contribution in [1.29, 1.82) is 0 Å². The van der Waals surface area contributed by atoms with Crippen LogP contribution in [0.2, 0.25) is 18.7 Å². The molecule has 102 valence electrons. The summed E-state index contributed by atoms with van der Waals surface area (Å²) in [6.45, 7) is 0. The maximum Gasteiger partial charge on any atom is 0.0992 e. The zero-order chi connectivity index (χ0) is 14.0. The van der Waals surface area contributed by atoms with Gasteiger partial charge in [0.05, 0.1) is 24.8 Å². The minimum Gasteiger partial charge on any atom is -0.271 e. The van der Waals surface area contributed by atoms with Crippen molar-refractivity contribution in [2.24, 2.45) is 5.84 Å². The second-order valence-electron chi connectivity index (χ2n) is 3.95. The maximum atomic E-state index is 6.13. The van der Waals surface area contributed by atoms with Crippen LogP contribution in [0, 0.1) is 0 Å². The summed E-state index contributed by atoms with van der Waals surface area (Å²) in [5.41, 5.74) is 4.63. The average Bonchev–Trinajstić information content (AvgIpc) is 2.70. The van der Waals surface area contributed by atoms with Crippen LogP contribution in [0.15, 0.2) is 24.3 Å². The fourth-order valence-electron chi connectivity index (χ4n) is 1.75. The molecular weight excluding hydrogens is 346 g/mol. The minimum atomic E-state index is -0.131. The number of thiophene rings is 1. The van der Waals surface area contributed by atoms with Gasteiger partial charge in [-0.25, -0.2) is 0 Å². The fourth-order valence-corrected chi connectivity index (χ4v) is 3.65. The zero-order valence-electron chi connectivity index (χ0n) is 9.59. The van der Waals surface area contributed by atoms with Crippen LogP contribution in [0.5, 0.6) is 0 Å². The molecular formula is C12H10Cl4N2S. The molecule has 2 aromatic rings. The lowest BCUT2D eigenvalue weighted by Crippen LogP contribution is -2.29. The highest BCUT2D eigenvalue weighted by Crippen LogP contribution is 2.36. The molecule has 1 unspecified atom stereocenters. The van der Waals surface area contributed by atoms with Gasteiger partial charge >= 0.3 is 0 Å². The molecule has 2 nitrogen and oxygen atoms in total. The molecule has 0 saturated heterocycles. The van der Waals surface area contributed by atoms with Crippen molar-refractivity contribution in [3.05, 3.63) is 54.1 Å². The first-order valence-corrected chi connectivity index (χ1v) is 7.69. The van der Waals surface area contributed by atoms with Crippen LogP contribution in [-0.2, 0) is 6.42 Å². The topological polar surface area (TPSA) is 38.0 Å². The Morgan fingerprint density at radius 3 is 2.37 bits per heavy atom. The lowest BCUT2D eigenvalue weighted by Gasteiger charge is -2.15. The number of rotatable bonds is 4. The Hall–Kier alpha value is -0.000000000000000167. The Morgan fingerprint density at radius 2 is 1.84 bits per heavy atom.